The van der Waals surface area contributed by atoms with Crippen LogP contribution < -0.4 is 14.4 Å². The largest absolute Gasteiger partial charge is 0.494 e. The van der Waals surface area contributed by atoms with Gasteiger partial charge in [-0.2, -0.15) is 0 Å². The van der Waals surface area contributed by atoms with Gasteiger partial charge < -0.3 is 15.0 Å². The van der Waals surface area contributed by atoms with E-state index >= 15 is 0 Å². The Kier molecular flexibility index (Phi) is 12.2. The van der Waals surface area contributed by atoms with E-state index in [1.54, 1.807) is 42.5 Å². The number of benzene rings is 4. The lowest BCUT2D eigenvalue weighted by atomic mass is 10.0. The van der Waals surface area contributed by atoms with Gasteiger partial charge in [-0.1, -0.05) is 83.5 Å². The molecule has 0 radical (unpaired) electrons. The molecule has 0 fully saturated rings. The highest BCUT2D eigenvalue weighted by atomic mass is 79.9. The standard InChI is InChI=1S/C35H38BrN3O5S/c1-3-23-37-35(41)33(24-27-11-7-5-8-12-27)38(25-28-15-17-29(36)18-16-28)34(40)26-39(30-13-9-6-10-14-30)45(42,43)32-21-19-31(20-22-32)44-4-2/h5-22,33H,3-4,23-26H2,1-2H3,(H,37,41). The highest BCUT2D eigenvalue weighted by Gasteiger charge is 2.34. The van der Waals surface area contributed by atoms with Crippen molar-refractivity contribution in [2.75, 3.05) is 24.0 Å². The maximum Gasteiger partial charge on any atom is 0.264 e. The average molecular weight is 693 g/mol. The molecule has 8 nitrogen and oxygen atoms in total. The fourth-order valence-corrected chi connectivity index (χ4v) is 6.51. The van der Waals surface area contributed by atoms with E-state index in [1.165, 1.54) is 17.0 Å². The minimum absolute atomic E-state index is 0.0172. The van der Waals surface area contributed by atoms with Gasteiger partial charge in [-0.25, -0.2) is 8.42 Å². The maximum absolute atomic E-state index is 14.4. The van der Waals surface area contributed by atoms with Gasteiger partial charge in [0, 0.05) is 24.0 Å². The van der Waals surface area contributed by atoms with Gasteiger partial charge in [0.2, 0.25) is 11.8 Å². The van der Waals surface area contributed by atoms with Gasteiger partial charge >= 0.3 is 0 Å². The molecule has 4 aromatic carbocycles. The van der Waals surface area contributed by atoms with E-state index in [0.717, 1.165) is 26.3 Å². The van der Waals surface area contributed by atoms with E-state index < -0.39 is 28.5 Å². The third-order valence-electron chi connectivity index (χ3n) is 7.13. The van der Waals surface area contributed by atoms with Gasteiger partial charge in [-0.05, 0) is 73.0 Å². The molecule has 1 atom stereocenters. The van der Waals surface area contributed by atoms with Gasteiger partial charge in [-0.15, -0.1) is 0 Å². The van der Waals surface area contributed by atoms with Crippen LogP contribution >= 0.6 is 15.9 Å². The van der Waals surface area contributed by atoms with Gasteiger partial charge in [0.25, 0.3) is 10.0 Å². The number of anilines is 1. The van der Waals surface area contributed by atoms with Crippen molar-refractivity contribution in [1.82, 2.24) is 10.2 Å². The zero-order valence-electron chi connectivity index (χ0n) is 25.4. The summed E-state index contributed by atoms with van der Waals surface area (Å²) in [5.74, 6) is -0.267. The number of carbonyl (C=O) groups is 2. The molecule has 0 aliphatic heterocycles. The molecule has 0 aliphatic rings. The lowest BCUT2D eigenvalue weighted by Crippen LogP contribution is -2.53. The predicted octanol–water partition coefficient (Wildman–Crippen LogP) is 6.21. The number of sulfonamides is 1. The van der Waals surface area contributed by atoms with E-state index in [1.807, 2.05) is 68.4 Å². The van der Waals surface area contributed by atoms with Crippen LogP contribution in [0.1, 0.15) is 31.4 Å². The lowest BCUT2D eigenvalue weighted by molar-refractivity contribution is -0.140. The number of hydrogen-bond acceptors (Lipinski definition) is 5. The van der Waals surface area contributed by atoms with Gasteiger partial charge in [0.05, 0.1) is 17.2 Å². The van der Waals surface area contributed by atoms with Gasteiger partial charge in [0.15, 0.2) is 0 Å². The summed E-state index contributed by atoms with van der Waals surface area (Å²) < 4.78 is 35.7. The molecule has 2 amide bonds. The van der Waals surface area contributed by atoms with Crippen molar-refractivity contribution in [3.8, 4) is 5.75 Å². The highest BCUT2D eigenvalue weighted by Crippen LogP contribution is 2.26. The summed E-state index contributed by atoms with van der Waals surface area (Å²) >= 11 is 3.46. The fraction of sp³-hybridized carbons (Fsp3) is 0.257. The Balaban J connectivity index is 1.76. The van der Waals surface area contributed by atoms with E-state index in [0.29, 0.717) is 24.6 Å². The van der Waals surface area contributed by atoms with Crippen molar-refractivity contribution >= 4 is 43.5 Å². The van der Waals surface area contributed by atoms with Crippen molar-refractivity contribution < 1.29 is 22.7 Å². The minimum atomic E-state index is -4.19. The first-order chi connectivity index (χ1) is 21.7. The molecule has 4 aromatic rings. The number of nitrogens with one attached hydrogen (secondary N) is 1. The Bertz CT molecular complexity index is 1630. The summed E-state index contributed by atoms with van der Waals surface area (Å²) in [7, 11) is -4.19. The van der Waals surface area contributed by atoms with Gasteiger partial charge in [0.1, 0.15) is 18.3 Å². The molecule has 1 unspecified atom stereocenters. The van der Waals surface area contributed by atoms with Crippen molar-refractivity contribution in [1.29, 1.82) is 0 Å². The second kappa shape index (κ2) is 16.2. The Labute approximate surface area is 274 Å². The summed E-state index contributed by atoms with van der Waals surface area (Å²) in [6, 6.07) is 30.7. The molecule has 45 heavy (non-hydrogen) atoms. The molecule has 0 aliphatic carbocycles. The Morgan fingerprint density at radius 3 is 2.04 bits per heavy atom. The van der Waals surface area contributed by atoms with Crippen LogP contribution in [-0.2, 0) is 32.6 Å². The van der Waals surface area contributed by atoms with Crippen molar-refractivity contribution in [3.63, 3.8) is 0 Å². The topological polar surface area (TPSA) is 96.0 Å². The quantitative estimate of drug-likeness (QED) is 0.160. The van der Waals surface area contributed by atoms with Crippen LogP contribution in [0.5, 0.6) is 5.75 Å². The van der Waals surface area contributed by atoms with Crippen LogP contribution in [0.15, 0.2) is 119 Å². The summed E-state index contributed by atoms with van der Waals surface area (Å²) in [5.41, 5.74) is 2.01. The van der Waals surface area contributed by atoms with E-state index in [9.17, 15) is 18.0 Å². The highest BCUT2D eigenvalue weighted by molar-refractivity contribution is 9.10. The van der Waals surface area contributed by atoms with Crippen molar-refractivity contribution in [3.05, 3.63) is 125 Å². The van der Waals surface area contributed by atoms with Crippen LogP contribution in [0.3, 0.4) is 0 Å². The number of amides is 2. The molecule has 0 spiro atoms. The Hall–Kier alpha value is -4.15. The number of halogens is 1. The summed E-state index contributed by atoms with van der Waals surface area (Å²) in [5, 5.41) is 2.96. The number of ether oxygens (including phenoxy) is 1. The zero-order valence-corrected chi connectivity index (χ0v) is 27.8. The van der Waals surface area contributed by atoms with Crippen LogP contribution in [0.2, 0.25) is 0 Å². The monoisotopic (exact) mass is 691 g/mol. The van der Waals surface area contributed by atoms with Crippen LogP contribution in [-0.4, -0.2) is 50.9 Å². The summed E-state index contributed by atoms with van der Waals surface area (Å²) in [6.07, 6.45) is 0.988. The van der Waals surface area contributed by atoms with Crippen LogP contribution in [0.25, 0.3) is 0 Å². The maximum atomic E-state index is 14.4. The number of nitrogens with zero attached hydrogens (tertiary/aromatic N) is 2. The number of carbonyl (C=O) groups excluding carboxylic acids is 2. The van der Waals surface area contributed by atoms with Crippen LogP contribution in [0, 0.1) is 0 Å². The predicted molar refractivity (Wildman–Crippen MR) is 181 cm³/mol. The Morgan fingerprint density at radius 2 is 1.44 bits per heavy atom. The SMILES string of the molecule is CCCNC(=O)C(Cc1ccccc1)N(Cc1ccc(Br)cc1)C(=O)CN(c1ccccc1)S(=O)(=O)c1ccc(OCC)cc1. The van der Waals surface area contributed by atoms with Crippen molar-refractivity contribution in [2.24, 2.45) is 0 Å². The molecule has 0 aromatic heterocycles. The molecule has 236 valence electrons. The third-order valence-corrected chi connectivity index (χ3v) is 9.45. The van der Waals surface area contributed by atoms with E-state index in [-0.39, 0.29) is 23.8 Å². The fourth-order valence-electron chi connectivity index (χ4n) is 4.83. The second-order valence-electron chi connectivity index (χ2n) is 10.4. The normalized spacial score (nSPS) is 11.8. The molecule has 0 saturated heterocycles. The average Bonchev–Trinajstić information content (AvgIpc) is 3.06. The first-order valence-corrected chi connectivity index (χ1v) is 17.1. The molecule has 0 bridgehead atoms. The molecular weight excluding hydrogens is 654 g/mol. The molecule has 4 rings (SSSR count). The molecule has 0 saturated carbocycles. The molecular formula is C35H38BrN3O5S. The van der Waals surface area contributed by atoms with Gasteiger partial charge in [-0.3, -0.25) is 13.9 Å². The smallest absolute Gasteiger partial charge is 0.264 e. The van der Waals surface area contributed by atoms with Crippen molar-refractivity contribution in [2.45, 2.75) is 44.2 Å². The summed E-state index contributed by atoms with van der Waals surface area (Å²) in [4.78, 5) is 29.6. The lowest BCUT2D eigenvalue weighted by Gasteiger charge is -2.34. The summed E-state index contributed by atoms with van der Waals surface area (Å²) in [6.45, 7) is 4.30. The third kappa shape index (κ3) is 9.18. The molecule has 1 N–H and O–H groups in total. The van der Waals surface area contributed by atoms with E-state index in [2.05, 4.69) is 21.2 Å². The first kappa shape index (κ1) is 33.7. The number of hydrogen-bond donors (Lipinski definition) is 1. The number of para-hydroxylation sites is 1. The second-order valence-corrected chi connectivity index (χ2v) is 13.2. The first-order valence-electron chi connectivity index (χ1n) is 14.9. The zero-order chi connectivity index (χ0) is 32.2. The van der Waals surface area contributed by atoms with Crippen LogP contribution in [0.4, 0.5) is 5.69 Å². The molecule has 10 heteroatoms. The number of rotatable bonds is 15. The minimum Gasteiger partial charge on any atom is -0.494 e. The van der Waals surface area contributed by atoms with E-state index in [4.69, 9.17) is 4.74 Å². The molecule has 0 heterocycles. The Morgan fingerprint density at radius 1 is 0.822 bits per heavy atom.